The van der Waals surface area contributed by atoms with Gasteiger partial charge in [0.1, 0.15) is 0 Å². The van der Waals surface area contributed by atoms with Crippen LogP contribution in [-0.2, 0) is 9.53 Å². The molecule has 0 aromatic rings. The molecule has 1 amide bonds. The number of nitrogens with zero attached hydrogens (tertiary/aromatic N) is 1. The number of piperidine rings is 2. The molecule has 0 atom stereocenters. The normalized spacial score (nSPS) is 25.1. The minimum atomic E-state index is 0.373. The molecule has 1 N–H and O–H groups in total. The Morgan fingerprint density at radius 2 is 1.65 bits per heavy atom. The molecule has 1 aliphatic carbocycles. The molecule has 4 heteroatoms. The van der Waals surface area contributed by atoms with Crippen molar-refractivity contribution < 1.29 is 9.53 Å². The second-order valence-electron chi connectivity index (χ2n) is 7.80. The molecule has 132 valence electrons. The maximum atomic E-state index is 12.4. The number of nitrogens with one attached hydrogen (secondary N) is 1. The summed E-state index contributed by atoms with van der Waals surface area (Å²) in [6, 6.07) is 0. The highest BCUT2D eigenvalue weighted by atomic mass is 16.5. The van der Waals surface area contributed by atoms with Gasteiger partial charge in [0, 0.05) is 26.1 Å². The highest BCUT2D eigenvalue weighted by molar-refractivity contribution is 5.76. The zero-order valence-electron chi connectivity index (χ0n) is 14.6. The summed E-state index contributed by atoms with van der Waals surface area (Å²) in [4.78, 5) is 14.5. The van der Waals surface area contributed by atoms with Crippen LogP contribution in [-0.4, -0.2) is 49.7 Å². The van der Waals surface area contributed by atoms with Crippen molar-refractivity contribution in [3.05, 3.63) is 0 Å². The first kappa shape index (κ1) is 17.2. The molecule has 0 aromatic heterocycles. The van der Waals surface area contributed by atoms with Gasteiger partial charge < -0.3 is 15.0 Å². The Hall–Kier alpha value is -0.610. The third-order valence-corrected chi connectivity index (χ3v) is 6.06. The summed E-state index contributed by atoms with van der Waals surface area (Å²) in [5.41, 5.74) is 0. The van der Waals surface area contributed by atoms with Gasteiger partial charge in [0.2, 0.25) is 5.91 Å². The molecule has 2 heterocycles. The number of hydrogen-bond acceptors (Lipinski definition) is 3. The zero-order chi connectivity index (χ0) is 15.9. The molecule has 0 bridgehead atoms. The Bertz CT molecular complexity index is 354. The fraction of sp³-hybridized carbons (Fsp3) is 0.947. The van der Waals surface area contributed by atoms with Gasteiger partial charge in [-0.3, -0.25) is 4.79 Å². The van der Waals surface area contributed by atoms with E-state index in [0.717, 1.165) is 70.3 Å². The predicted molar refractivity (Wildman–Crippen MR) is 92.3 cm³/mol. The van der Waals surface area contributed by atoms with Gasteiger partial charge in [0.15, 0.2) is 0 Å². The Balaban J connectivity index is 1.29. The van der Waals surface area contributed by atoms with Crippen molar-refractivity contribution in [3.63, 3.8) is 0 Å². The zero-order valence-corrected chi connectivity index (χ0v) is 14.6. The van der Waals surface area contributed by atoms with E-state index in [4.69, 9.17) is 4.74 Å². The molecule has 1 saturated carbocycles. The largest absolute Gasteiger partial charge is 0.378 e. The first-order chi connectivity index (χ1) is 11.3. The Morgan fingerprint density at radius 1 is 0.957 bits per heavy atom. The van der Waals surface area contributed by atoms with Crippen LogP contribution in [0.5, 0.6) is 0 Å². The average molecular weight is 322 g/mol. The van der Waals surface area contributed by atoms with E-state index >= 15 is 0 Å². The van der Waals surface area contributed by atoms with Crippen LogP contribution in [0, 0.1) is 11.8 Å². The molecule has 2 saturated heterocycles. The van der Waals surface area contributed by atoms with Crippen LogP contribution in [0.1, 0.15) is 64.2 Å². The van der Waals surface area contributed by atoms with Gasteiger partial charge >= 0.3 is 0 Å². The van der Waals surface area contributed by atoms with E-state index in [-0.39, 0.29) is 0 Å². The van der Waals surface area contributed by atoms with Gasteiger partial charge in [0.25, 0.3) is 0 Å². The fourth-order valence-corrected chi connectivity index (χ4v) is 4.38. The topological polar surface area (TPSA) is 41.6 Å². The Morgan fingerprint density at radius 3 is 2.35 bits per heavy atom. The van der Waals surface area contributed by atoms with Gasteiger partial charge in [0.05, 0.1) is 6.10 Å². The Kier molecular flexibility index (Phi) is 6.76. The molecule has 4 nitrogen and oxygen atoms in total. The van der Waals surface area contributed by atoms with Crippen LogP contribution in [0.3, 0.4) is 0 Å². The van der Waals surface area contributed by atoms with Gasteiger partial charge in [-0.1, -0.05) is 12.8 Å². The summed E-state index contributed by atoms with van der Waals surface area (Å²) in [5, 5.41) is 3.39. The van der Waals surface area contributed by atoms with Crippen molar-refractivity contribution in [2.45, 2.75) is 70.3 Å². The SMILES string of the molecule is O=C(CCC1CCNCC1)N1CCC(OCC2CCCC2)CC1. The number of likely N-dealkylation sites (tertiary alicyclic amines) is 1. The van der Waals surface area contributed by atoms with Crippen LogP contribution in [0.15, 0.2) is 0 Å². The molecular formula is C19H34N2O2. The van der Waals surface area contributed by atoms with E-state index in [1.54, 1.807) is 0 Å². The molecule has 3 rings (SSSR count). The van der Waals surface area contributed by atoms with Crippen molar-refractivity contribution in [1.29, 1.82) is 0 Å². The summed E-state index contributed by atoms with van der Waals surface area (Å²) < 4.78 is 6.11. The van der Waals surface area contributed by atoms with Crippen LogP contribution < -0.4 is 5.32 Å². The van der Waals surface area contributed by atoms with Gasteiger partial charge in [-0.15, -0.1) is 0 Å². The van der Waals surface area contributed by atoms with Crippen LogP contribution in [0.25, 0.3) is 0 Å². The maximum absolute atomic E-state index is 12.4. The minimum absolute atomic E-state index is 0.373. The third-order valence-electron chi connectivity index (χ3n) is 6.06. The monoisotopic (exact) mass is 322 g/mol. The second kappa shape index (κ2) is 9.03. The van der Waals surface area contributed by atoms with E-state index in [2.05, 4.69) is 10.2 Å². The van der Waals surface area contributed by atoms with E-state index in [1.807, 2.05) is 0 Å². The first-order valence-electron chi connectivity index (χ1n) is 9.91. The van der Waals surface area contributed by atoms with E-state index in [1.165, 1.54) is 38.5 Å². The number of carbonyl (C=O) groups is 1. The predicted octanol–water partition coefficient (Wildman–Crippen LogP) is 2.96. The third kappa shape index (κ3) is 5.46. The van der Waals surface area contributed by atoms with Crippen LogP contribution >= 0.6 is 0 Å². The Labute approximate surface area is 141 Å². The molecule has 0 spiro atoms. The number of carbonyl (C=O) groups excluding carboxylic acids is 1. The summed E-state index contributed by atoms with van der Waals surface area (Å²) in [6.07, 6.45) is 12.3. The van der Waals surface area contributed by atoms with Crippen molar-refractivity contribution in [2.24, 2.45) is 11.8 Å². The molecule has 2 aliphatic heterocycles. The van der Waals surface area contributed by atoms with E-state index < -0.39 is 0 Å². The maximum Gasteiger partial charge on any atom is 0.222 e. The molecule has 0 unspecified atom stereocenters. The molecular weight excluding hydrogens is 288 g/mol. The minimum Gasteiger partial charge on any atom is -0.378 e. The summed E-state index contributed by atoms with van der Waals surface area (Å²) in [6.45, 7) is 5.01. The molecule has 0 aromatic carbocycles. The van der Waals surface area contributed by atoms with Crippen molar-refractivity contribution in [1.82, 2.24) is 10.2 Å². The lowest BCUT2D eigenvalue weighted by molar-refractivity contribution is -0.134. The summed E-state index contributed by atoms with van der Waals surface area (Å²) >= 11 is 0. The van der Waals surface area contributed by atoms with E-state index in [9.17, 15) is 4.79 Å². The quantitative estimate of drug-likeness (QED) is 0.817. The highest BCUT2D eigenvalue weighted by Crippen LogP contribution is 2.26. The summed E-state index contributed by atoms with van der Waals surface area (Å²) in [7, 11) is 0. The van der Waals surface area contributed by atoms with E-state index in [0.29, 0.717) is 12.0 Å². The first-order valence-corrected chi connectivity index (χ1v) is 9.91. The number of rotatable bonds is 6. The number of hydrogen-bond donors (Lipinski definition) is 1. The van der Waals surface area contributed by atoms with Crippen molar-refractivity contribution in [3.8, 4) is 0 Å². The number of ether oxygens (including phenoxy) is 1. The average Bonchev–Trinajstić information content (AvgIpc) is 3.13. The lowest BCUT2D eigenvalue weighted by Crippen LogP contribution is -2.41. The molecule has 23 heavy (non-hydrogen) atoms. The molecule has 3 fully saturated rings. The lowest BCUT2D eigenvalue weighted by Gasteiger charge is -2.33. The van der Waals surface area contributed by atoms with Gasteiger partial charge in [-0.2, -0.15) is 0 Å². The van der Waals surface area contributed by atoms with Crippen molar-refractivity contribution in [2.75, 3.05) is 32.8 Å². The van der Waals surface area contributed by atoms with Gasteiger partial charge in [-0.25, -0.2) is 0 Å². The summed E-state index contributed by atoms with van der Waals surface area (Å²) in [5.74, 6) is 1.94. The molecule has 0 radical (unpaired) electrons. The lowest BCUT2D eigenvalue weighted by atomic mass is 9.93. The standard InChI is InChI=1S/C19H34N2O2/c22-19(6-5-16-7-11-20-12-8-16)21-13-9-18(10-14-21)23-15-17-3-1-2-4-17/h16-18,20H,1-15H2. The number of amides is 1. The molecule has 3 aliphatic rings. The fourth-order valence-electron chi connectivity index (χ4n) is 4.38. The smallest absolute Gasteiger partial charge is 0.222 e. The van der Waals surface area contributed by atoms with Gasteiger partial charge in [-0.05, 0) is 69.9 Å². The van der Waals surface area contributed by atoms with Crippen LogP contribution in [0.2, 0.25) is 0 Å². The second-order valence-corrected chi connectivity index (χ2v) is 7.80. The van der Waals surface area contributed by atoms with Crippen LogP contribution in [0.4, 0.5) is 0 Å². The van der Waals surface area contributed by atoms with Crippen molar-refractivity contribution >= 4 is 5.91 Å². The highest BCUT2D eigenvalue weighted by Gasteiger charge is 2.25.